The Balaban J connectivity index is 1.71. The molecule has 0 spiro atoms. The molecule has 1 saturated heterocycles. The van der Waals surface area contributed by atoms with Gasteiger partial charge in [0.05, 0.1) is 11.8 Å². The van der Waals surface area contributed by atoms with Gasteiger partial charge in [-0.05, 0) is 48.4 Å². The average molecular weight is 302 g/mol. The summed E-state index contributed by atoms with van der Waals surface area (Å²) in [6, 6.07) is 7.34. The van der Waals surface area contributed by atoms with Gasteiger partial charge in [0.15, 0.2) is 5.82 Å². The highest BCUT2D eigenvalue weighted by Gasteiger charge is 2.29. The highest BCUT2D eigenvalue weighted by molar-refractivity contribution is 5.94. The molecule has 3 N–H and O–H groups in total. The Morgan fingerprint density at radius 1 is 1.50 bits per heavy atom. The zero-order valence-electron chi connectivity index (χ0n) is 12.3. The maximum Gasteiger partial charge on any atom is 0.253 e. The highest BCUT2D eigenvalue weighted by Crippen LogP contribution is 2.21. The molecule has 8 heteroatoms. The monoisotopic (exact) mass is 302 g/mol. The number of nitrogens with two attached hydrogens (primary N) is 1. The van der Waals surface area contributed by atoms with E-state index in [2.05, 4.69) is 20.8 Å². The van der Waals surface area contributed by atoms with Gasteiger partial charge in [0, 0.05) is 12.2 Å². The van der Waals surface area contributed by atoms with Crippen molar-refractivity contribution < 1.29 is 9.53 Å². The number of hydrogen-bond acceptors (Lipinski definition) is 6. The molecule has 1 aliphatic heterocycles. The van der Waals surface area contributed by atoms with Crippen LogP contribution in [0.1, 0.15) is 18.7 Å². The quantitative estimate of drug-likeness (QED) is 0.847. The van der Waals surface area contributed by atoms with Crippen molar-refractivity contribution in [3.05, 3.63) is 30.1 Å². The van der Waals surface area contributed by atoms with Gasteiger partial charge in [-0.1, -0.05) is 6.07 Å². The van der Waals surface area contributed by atoms with E-state index in [1.165, 1.54) is 0 Å². The number of amides is 1. The van der Waals surface area contributed by atoms with E-state index in [4.69, 9.17) is 10.5 Å². The second-order valence-corrected chi connectivity index (χ2v) is 5.24. The zero-order valence-corrected chi connectivity index (χ0v) is 12.3. The van der Waals surface area contributed by atoms with Crippen LogP contribution >= 0.6 is 0 Å². The topological polar surface area (TPSA) is 108 Å². The van der Waals surface area contributed by atoms with E-state index in [-0.39, 0.29) is 12.0 Å². The predicted molar refractivity (Wildman–Crippen MR) is 79.5 cm³/mol. The van der Waals surface area contributed by atoms with Gasteiger partial charge in [0.25, 0.3) is 5.91 Å². The van der Waals surface area contributed by atoms with Gasteiger partial charge < -0.3 is 15.8 Å². The first-order chi connectivity index (χ1) is 10.7. The lowest BCUT2D eigenvalue weighted by Crippen LogP contribution is -2.29. The minimum Gasteiger partial charge on any atom is -0.364 e. The number of anilines is 1. The van der Waals surface area contributed by atoms with Crippen molar-refractivity contribution in [2.45, 2.75) is 32.0 Å². The Kier molecular flexibility index (Phi) is 4.12. The van der Waals surface area contributed by atoms with Crippen LogP contribution in [-0.2, 0) is 9.53 Å². The van der Waals surface area contributed by atoms with Crippen LogP contribution in [0.5, 0.6) is 0 Å². The number of tetrazole rings is 1. The van der Waals surface area contributed by atoms with E-state index >= 15 is 0 Å². The number of carbonyl (C=O) groups is 1. The van der Waals surface area contributed by atoms with E-state index in [0.717, 1.165) is 12.1 Å². The molecule has 1 aliphatic rings. The third-order valence-corrected chi connectivity index (χ3v) is 3.65. The van der Waals surface area contributed by atoms with Crippen LogP contribution in [0.3, 0.4) is 0 Å². The fourth-order valence-corrected chi connectivity index (χ4v) is 2.48. The van der Waals surface area contributed by atoms with Crippen LogP contribution in [0.15, 0.2) is 24.3 Å². The lowest BCUT2D eigenvalue weighted by molar-refractivity contribution is -0.126. The fourth-order valence-electron chi connectivity index (χ4n) is 2.48. The fraction of sp³-hybridized carbons (Fsp3) is 0.429. The first kappa shape index (κ1) is 14.6. The highest BCUT2D eigenvalue weighted by atomic mass is 16.5. The standard InChI is InChI=1S/C14H18N6O2/c1-9-17-18-19-20(9)11-4-2-3-10(7-11)16-14(21)13-6-5-12(8-15)22-13/h2-4,7,12-13H,5-6,8,15H2,1H3,(H,16,21)/t12-,13+/m1/s1. The van der Waals surface area contributed by atoms with Gasteiger partial charge >= 0.3 is 0 Å². The first-order valence-electron chi connectivity index (χ1n) is 7.19. The van der Waals surface area contributed by atoms with Gasteiger partial charge in [-0.2, -0.15) is 4.68 Å². The summed E-state index contributed by atoms with van der Waals surface area (Å²) in [5.74, 6) is 0.523. The van der Waals surface area contributed by atoms with Crippen molar-refractivity contribution >= 4 is 11.6 Å². The van der Waals surface area contributed by atoms with Crippen LogP contribution in [0, 0.1) is 6.92 Å². The molecule has 0 aliphatic carbocycles. The molecule has 2 heterocycles. The van der Waals surface area contributed by atoms with Crippen LogP contribution in [-0.4, -0.2) is 44.9 Å². The predicted octanol–water partition coefficient (Wildman–Crippen LogP) is 0.416. The SMILES string of the molecule is Cc1nnnn1-c1cccc(NC(=O)[C@@H]2CC[C@H](CN)O2)c1. The molecule has 2 atom stereocenters. The van der Waals surface area contributed by atoms with Crippen molar-refractivity contribution in [1.82, 2.24) is 20.2 Å². The molecule has 0 bridgehead atoms. The number of nitrogens with one attached hydrogen (secondary N) is 1. The third-order valence-electron chi connectivity index (χ3n) is 3.65. The third kappa shape index (κ3) is 2.97. The minimum absolute atomic E-state index is 0.0223. The van der Waals surface area contributed by atoms with E-state index < -0.39 is 6.10 Å². The van der Waals surface area contributed by atoms with Crippen molar-refractivity contribution in [2.75, 3.05) is 11.9 Å². The van der Waals surface area contributed by atoms with Gasteiger partial charge in [0.1, 0.15) is 6.10 Å². The number of hydrogen-bond donors (Lipinski definition) is 2. The summed E-state index contributed by atoms with van der Waals surface area (Å²) in [4.78, 5) is 12.2. The molecule has 0 unspecified atom stereocenters. The van der Waals surface area contributed by atoms with E-state index in [1.54, 1.807) is 4.68 Å². The minimum atomic E-state index is -0.438. The Bertz CT molecular complexity index is 671. The molecule has 2 aromatic rings. The first-order valence-corrected chi connectivity index (χ1v) is 7.19. The maximum atomic E-state index is 12.2. The molecule has 116 valence electrons. The number of aryl methyl sites for hydroxylation is 1. The average Bonchev–Trinajstić information content (AvgIpc) is 3.16. The van der Waals surface area contributed by atoms with Crippen molar-refractivity contribution in [3.8, 4) is 5.69 Å². The molecular weight excluding hydrogens is 284 g/mol. The summed E-state index contributed by atoms with van der Waals surface area (Å²) < 4.78 is 7.19. The van der Waals surface area contributed by atoms with Gasteiger partial charge in [-0.15, -0.1) is 5.10 Å². The van der Waals surface area contributed by atoms with E-state index in [0.29, 0.717) is 24.5 Å². The van der Waals surface area contributed by atoms with Gasteiger partial charge in [-0.25, -0.2) is 0 Å². The van der Waals surface area contributed by atoms with Crippen LogP contribution in [0.2, 0.25) is 0 Å². The lowest BCUT2D eigenvalue weighted by Gasteiger charge is -2.13. The Labute approximate surface area is 127 Å². The number of benzene rings is 1. The Morgan fingerprint density at radius 3 is 3.05 bits per heavy atom. The molecule has 1 amide bonds. The van der Waals surface area contributed by atoms with Crippen LogP contribution in [0.25, 0.3) is 5.69 Å². The van der Waals surface area contributed by atoms with Crippen molar-refractivity contribution in [1.29, 1.82) is 0 Å². The van der Waals surface area contributed by atoms with Crippen molar-refractivity contribution in [2.24, 2.45) is 5.73 Å². The normalized spacial score (nSPS) is 21.0. The molecule has 1 aromatic heterocycles. The number of nitrogens with zero attached hydrogens (tertiary/aromatic N) is 4. The van der Waals surface area contributed by atoms with E-state index in [9.17, 15) is 4.79 Å². The van der Waals surface area contributed by atoms with E-state index in [1.807, 2.05) is 31.2 Å². The number of aromatic nitrogens is 4. The summed E-state index contributed by atoms with van der Waals surface area (Å²) in [6.45, 7) is 2.25. The molecule has 22 heavy (non-hydrogen) atoms. The Morgan fingerprint density at radius 2 is 2.36 bits per heavy atom. The summed E-state index contributed by atoms with van der Waals surface area (Å²) in [7, 11) is 0. The molecule has 0 radical (unpaired) electrons. The summed E-state index contributed by atoms with van der Waals surface area (Å²) in [6.07, 6.45) is 1.05. The number of ether oxygens (including phenoxy) is 1. The van der Waals surface area contributed by atoms with Crippen molar-refractivity contribution in [3.63, 3.8) is 0 Å². The number of carbonyl (C=O) groups excluding carboxylic acids is 1. The lowest BCUT2D eigenvalue weighted by atomic mass is 10.2. The van der Waals surface area contributed by atoms with Crippen LogP contribution < -0.4 is 11.1 Å². The molecule has 1 aromatic carbocycles. The largest absolute Gasteiger partial charge is 0.364 e. The second kappa shape index (κ2) is 6.20. The summed E-state index contributed by atoms with van der Waals surface area (Å²) in [5.41, 5.74) is 7.02. The molecule has 1 fully saturated rings. The second-order valence-electron chi connectivity index (χ2n) is 5.24. The number of rotatable bonds is 4. The maximum absolute atomic E-state index is 12.2. The Hall–Kier alpha value is -2.32. The molecule has 0 saturated carbocycles. The summed E-state index contributed by atoms with van der Waals surface area (Å²) >= 11 is 0. The summed E-state index contributed by atoms with van der Waals surface area (Å²) in [5, 5.41) is 14.2. The van der Waals surface area contributed by atoms with Crippen LogP contribution in [0.4, 0.5) is 5.69 Å². The molecule has 3 rings (SSSR count). The smallest absolute Gasteiger partial charge is 0.253 e. The zero-order chi connectivity index (χ0) is 15.5. The molecular formula is C14H18N6O2. The van der Waals surface area contributed by atoms with Gasteiger partial charge in [-0.3, -0.25) is 4.79 Å². The van der Waals surface area contributed by atoms with Gasteiger partial charge in [0.2, 0.25) is 0 Å². The molecule has 8 nitrogen and oxygen atoms in total.